The van der Waals surface area contributed by atoms with Crippen LogP contribution in [-0.2, 0) is 0 Å². The van der Waals surface area contributed by atoms with E-state index in [1.165, 1.54) is 25.1 Å². The van der Waals surface area contributed by atoms with Gasteiger partial charge in [-0.25, -0.2) is 4.39 Å². The first kappa shape index (κ1) is 13.8. The second kappa shape index (κ2) is 5.68. The molecule has 0 amide bonds. The number of rotatable bonds is 5. The average Bonchev–Trinajstić information content (AvgIpc) is 3.29. The Morgan fingerprint density at radius 1 is 1.43 bits per heavy atom. The summed E-state index contributed by atoms with van der Waals surface area (Å²) in [5, 5.41) is 0. The van der Waals surface area contributed by atoms with Crippen molar-refractivity contribution in [1.82, 2.24) is 9.97 Å². The standard InChI is InChI=1S/C16H18FN3O/c17-13-6-4-11(9-14(13)18)12(5-3-10-1-2-10)15-16(21)20-8-7-19-15/h4,6-10,12H,1-3,5,18H2,(H,20,21). The van der Waals surface area contributed by atoms with Gasteiger partial charge in [-0.2, -0.15) is 0 Å². The summed E-state index contributed by atoms with van der Waals surface area (Å²) in [4.78, 5) is 18.9. The normalized spacial score (nSPS) is 15.9. The lowest BCUT2D eigenvalue weighted by Gasteiger charge is -2.16. The molecule has 1 aliphatic rings. The summed E-state index contributed by atoms with van der Waals surface area (Å²) in [6, 6.07) is 4.66. The van der Waals surface area contributed by atoms with Crippen LogP contribution in [0.15, 0.2) is 35.4 Å². The van der Waals surface area contributed by atoms with Crippen LogP contribution in [-0.4, -0.2) is 9.97 Å². The molecule has 0 radical (unpaired) electrons. The monoisotopic (exact) mass is 287 g/mol. The van der Waals surface area contributed by atoms with Crippen LogP contribution in [0.5, 0.6) is 0 Å². The predicted molar refractivity (Wildman–Crippen MR) is 79.5 cm³/mol. The van der Waals surface area contributed by atoms with Gasteiger partial charge in [0.25, 0.3) is 5.56 Å². The maximum absolute atomic E-state index is 13.4. The molecule has 3 rings (SSSR count). The molecule has 0 bridgehead atoms. The number of benzene rings is 1. The molecule has 0 spiro atoms. The highest BCUT2D eigenvalue weighted by atomic mass is 19.1. The number of anilines is 1. The van der Waals surface area contributed by atoms with E-state index in [4.69, 9.17) is 5.73 Å². The van der Waals surface area contributed by atoms with E-state index in [1.54, 1.807) is 18.3 Å². The third kappa shape index (κ3) is 3.12. The Morgan fingerprint density at radius 2 is 2.24 bits per heavy atom. The fraction of sp³-hybridized carbons (Fsp3) is 0.375. The van der Waals surface area contributed by atoms with Gasteiger partial charge in [-0.05, 0) is 36.5 Å². The summed E-state index contributed by atoms with van der Waals surface area (Å²) in [7, 11) is 0. The minimum atomic E-state index is -0.436. The summed E-state index contributed by atoms with van der Waals surface area (Å²) >= 11 is 0. The molecule has 1 atom stereocenters. The Hall–Kier alpha value is -2.17. The minimum Gasteiger partial charge on any atom is -0.396 e. The fourth-order valence-corrected chi connectivity index (χ4v) is 2.66. The maximum Gasteiger partial charge on any atom is 0.270 e. The molecule has 5 heteroatoms. The second-order valence-electron chi connectivity index (χ2n) is 5.66. The Balaban J connectivity index is 1.96. The molecule has 2 aromatic rings. The average molecular weight is 287 g/mol. The van der Waals surface area contributed by atoms with E-state index in [0.29, 0.717) is 5.69 Å². The largest absolute Gasteiger partial charge is 0.396 e. The van der Waals surface area contributed by atoms with E-state index in [9.17, 15) is 9.18 Å². The van der Waals surface area contributed by atoms with Crippen molar-refractivity contribution in [2.45, 2.75) is 31.6 Å². The van der Waals surface area contributed by atoms with Crippen LogP contribution in [0.3, 0.4) is 0 Å². The third-order valence-electron chi connectivity index (χ3n) is 4.05. The van der Waals surface area contributed by atoms with E-state index < -0.39 is 5.82 Å². The lowest BCUT2D eigenvalue weighted by atomic mass is 9.90. The number of nitrogens with two attached hydrogens (primary N) is 1. The number of aromatic amines is 1. The first-order valence-corrected chi connectivity index (χ1v) is 7.23. The van der Waals surface area contributed by atoms with Gasteiger partial charge in [0.1, 0.15) is 11.5 Å². The molecule has 0 saturated heterocycles. The van der Waals surface area contributed by atoms with Crippen molar-refractivity contribution >= 4 is 5.69 Å². The number of aromatic nitrogens is 2. The van der Waals surface area contributed by atoms with Crippen LogP contribution >= 0.6 is 0 Å². The van der Waals surface area contributed by atoms with Crippen LogP contribution in [0.2, 0.25) is 0 Å². The first-order valence-electron chi connectivity index (χ1n) is 7.23. The highest BCUT2D eigenvalue weighted by molar-refractivity contribution is 5.45. The highest BCUT2D eigenvalue weighted by Crippen LogP contribution is 2.38. The fourth-order valence-electron chi connectivity index (χ4n) is 2.66. The van der Waals surface area contributed by atoms with Gasteiger partial charge >= 0.3 is 0 Å². The lowest BCUT2D eigenvalue weighted by Crippen LogP contribution is -2.19. The predicted octanol–water partition coefficient (Wildman–Crippen LogP) is 2.81. The molecular weight excluding hydrogens is 269 g/mol. The van der Waals surface area contributed by atoms with Gasteiger partial charge in [0.2, 0.25) is 0 Å². The molecular formula is C16H18FN3O. The molecule has 4 nitrogen and oxygen atoms in total. The van der Waals surface area contributed by atoms with E-state index in [-0.39, 0.29) is 17.2 Å². The molecule has 1 unspecified atom stereocenters. The molecule has 1 fully saturated rings. The Kier molecular flexibility index (Phi) is 3.73. The Bertz CT molecular complexity index is 694. The topological polar surface area (TPSA) is 71.8 Å². The van der Waals surface area contributed by atoms with Gasteiger partial charge in [-0.15, -0.1) is 0 Å². The SMILES string of the molecule is Nc1cc(C(CCC2CC2)c2ncc[nH]c2=O)ccc1F. The summed E-state index contributed by atoms with van der Waals surface area (Å²) < 4.78 is 13.4. The molecule has 1 aromatic heterocycles. The van der Waals surface area contributed by atoms with Crippen molar-refractivity contribution < 1.29 is 4.39 Å². The van der Waals surface area contributed by atoms with Crippen molar-refractivity contribution in [2.24, 2.45) is 5.92 Å². The van der Waals surface area contributed by atoms with E-state index >= 15 is 0 Å². The van der Waals surface area contributed by atoms with Crippen LogP contribution < -0.4 is 11.3 Å². The van der Waals surface area contributed by atoms with Crippen LogP contribution in [0, 0.1) is 11.7 Å². The van der Waals surface area contributed by atoms with Gasteiger partial charge in [0, 0.05) is 18.3 Å². The van der Waals surface area contributed by atoms with Gasteiger partial charge in [0.15, 0.2) is 0 Å². The minimum absolute atomic E-state index is 0.108. The van der Waals surface area contributed by atoms with Crippen molar-refractivity contribution in [3.8, 4) is 0 Å². The third-order valence-corrected chi connectivity index (χ3v) is 4.05. The lowest BCUT2D eigenvalue weighted by molar-refractivity contribution is 0.595. The number of H-pyrrole nitrogens is 1. The van der Waals surface area contributed by atoms with E-state index in [2.05, 4.69) is 9.97 Å². The molecule has 3 N–H and O–H groups in total. The van der Waals surface area contributed by atoms with Crippen LogP contribution in [0.25, 0.3) is 0 Å². The maximum atomic E-state index is 13.4. The van der Waals surface area contributed by atoms with E-state index in [0.717, 1.165) is 24.3 Å². The molecule has 1 aliphatic carbocycles. The van der Waals surface area contributed by atoms with Crippen molar-refractivity contribution in [2.75, 3.05) is 5.73 Å². The zero-order chi connectivity index (χ0) is 14.8. The number of hydrogen-bond donors (Lipinski definition) is 2. The molecule has 110 valence electrons. The molecule has 0 aliphatic heterocycles. The molecule has 1 aromatic carbocycles. The smallest absolute Gasteiger partial charge is 0.270 e. The number of nitrogens with one attached hydrogen (secondary N) is 1. The number of nitrogen functional groups attached to an aromatic ring is 1. The molecule has 1 saturated carbocycles. The van der Waals surface area contributed by atoms with Gasteiger partial charge in [-0.3, -0.25) is 9.78 Å². The summed E-state index contributed by atoms with van der Waals surface area (Å²) in [5.41, 5.74) is 6.90. The summed E-state index contributed by atoms with van der Waals surface area (Å²) in [6.07, 6.45) is 7.50. The number of hydrogen-bond acceptors (Lipinski definition) is 3. The zero-order valence-electron chi connectivity index (χ0n) is 11.7. The van der Waals surface area contributed by atoms with Gasteiger partial charge < -0.3 is 10.7 Å². The number of halogens is 1. The van der Waals surface area contributed by atoms with Crippen LogP contribution in [0.1, 0.15) is 42.9 Å². The first-order chi connectivity index (χ1) is 10.1. The van der Waals surface area contributed by atoms with Gasteiger partial charge in [-0.1, -0.05) is 18.9 Å². The summed E-state index contributed by atoms with van der Waals surface area (Å²) in [6.45, 7) is 0. The van der Waals surface area contributed by atoms with Crippen molar-refractivity contribution in [3.63, 3.8) is 0 Å². The summed E-state index contributed by atoms with van der Waals surface area (Å²) in [5.74, 6) is 0.182. The quantitative estimate of drug-likeness (QED) is 0.831. The Morgan fingerprint density at radius 3 is 2.90 bits per heavy atom. The van der Waals surface area contributed by atoms with Crippen LogP contribution in [0.4, 0.5) is 10.1 Å². The molecule has 21 heavy (non-hydrogen) atoms. The second-order valence-corrected chi connectivity index (χ2v) is 5.66. The van der Waals surface area contributed by atoms with Crippen molar-refractivity contribution in [3.05, 3.63) is 58.0 Å². The Labute approximate surface area is 122 Å². The zero-order valence-corrected chi connectivity index (χ0v) is 11.7. The van der Waals surface area contributed by atoms with E-state index in [1.807, 2.05) is 0 Å². The molecule has 1 heterocycles. The van der Waals surface area contributed by atoms with Crippen molar-refractivity contribution in [1.29, 1.82) is 0 Å². The highest BCUT2D eigenvalue weighted by Gasteiger charge is 2.26. The number of nitrogens with zero attached hydrogens (tertiary/aromatic N) is 1. The van der Waals surface area contributed by atoms with Gasteiger partial charge in [0.05, 0.1) is 5.69 Å².